The Labute approximate surface area is 89.6 Å². The van der Waals surface area contributed by atoms with Crippen molar-refractivity contribution in [3.63, 3.8) is 0 Å². The summed E-state index contributed by atoms with van der Waals surface area (Å²) in [6.07, 6.45) is 2.26. The first-order valence-corrected chi connectivity index (χ1v) is 5.72. The molecule has 1 rings (SSSR count). The fourth-order valence-corrected chi connectivity index (χ4v) is 2.01. The van der Waals surface area contributed by atoms with Crippen LogP contribution in [-0.2, 0) is 0 Å². The number of rotatable bonds is 5. The molecule has 0 aliphatic carbocycles. The van der Waals surface area contributed by atoms with Gasteiger partial charge in [0.05, 0.1) is 0 Å². The van der Waals surface area contributed by atoms with E-state index in [1.807, 2.05) is 12.1 Å². The monoisotopic (exact) mass is 211 g/mol. The van der Waals surface area contributed by atoms with E-state index in [1.165, 1.54) is 0 Å². The van der Waals surface area contributed by atoms with E-state index < -0.39 is 0 Å². The van der Waals surface area contributed by atoms with Gasteiger partial charge in [-0.05, 0) is 36.9 Å². The number of hydrogen-bond acceptors (Lipinski definition) is 4. The highest BCUT2D eigenvalue weighted by Gasteiger charge is 2.03. The maximum atomic E-state index is 5.58. The van der Waals surface area contributed by atoms with Crippen LogP contribution in [-0.4, -0.2) is 11.0 Å². The van der Waals surface area contributed by atoms with E-state index in [4.69, 9.17) is 5.73 Å². The number of pyridine rings is 1. The molecule has 0 radical (unpaired) electrons. The van der Waals surface area contributed by atoms with Gasteiger partial charge in [0.2, 0.25) is 0 Å². The molecule has 0 saturated carbocycles. The molecule has 4 heteroatoms. The molecule has 0 atom stereocenters. The molecule has 1 heterocycles. The lowest BCUT2D eigenvalue weighted by molar-refractivity contribution is 0.591. The highest BCUT2D eigenvalue weighted by molar-refractivity contribution is 7.97. The summed E-state index contributed by atoms with van der Waals surface area (Å²) in [6, 6.07) is 6.21. The van der Waals surface area contributed by atoms with Crippen LogP contribution in [0.25, 0.3) is 0 Å². The van der Waals surface area contributed by atoms with Crippen LogP contribution in [0.15, 0.2) is 23.2 Å². The van der Waals surface area contributed by atoms with Crippen LogP contribution in [0, 0.1) is 0 Å². The van der Waals surface area contributed by atoms with Gasteiger partial charge in [0.25, 0.3) is 0 Å². The van der Waals surface area contributed by atoms with Crippen molar-refractivity contribution >= 4 is 17.8 Å². The Morgan fingerprint density at radius 2 is 2.14 bits per heavy atom. The van der Waals surface area contributed by atoms with E-state index in [-0.39, 0.29) is 0 Å². The third kappa shape index (κ3) is 3.55. The quantitative estimate of drug-likeness (QED) is 0.735. The summed E-state index contributed by atoms with van der Waals surface area (Å²) in [5, 5.41) is 0.928. The third-order valence-corrected chi connectivity index (χ3v) is 2.95. The number of nitrogen functional groups attached to an aromatic ring is 1. The van der Waals surface area contributed by atoms with Gasteiger partial charge in [-0.3, -0.25) is 4.72 Å². The normalized spacial score (nSPS) is 10.8. The summed E-state index contributed by atoms with van der Waals surface area (Å²) in [5.41, 5.74) is 5.58. The molecule has 3 nitrogen and oxygen atoms in total. The first kappa shape index (κ1) is 11.3. The molecule has 0 saturated heterocycles. The smallest absolute Gasteiger partial charge is 0.124 e. The Hall–Kier alpha value is -0.740. The van der Waals surface area contributed by atoms with Crippen LogP contribution < -0.4 is 10.5 Å². The molecule has 1 aromatic rings. The third-order valence-electron chi connectivity index (χ3n) is 2.06. The van der Waals surface area contributed by atoms with Gasteiger partial charge in [-0.15, -0.1) is 0 Å². The fraction of sp³-hybridized carbons (Fsp3) is 0.500. The average Bonchev–Trinajstić information content (AvgIpc) is 2.19. The molecule has 78 valence electrons. The van der Waals surface area contributed by atoms with Gasteiger partial charge in [0.1, 0.15) is 10.8 Å². The molecule has 0 spiro atoms. The highest BCUT2D eigenvalue weighted by Crippen LogP contribution is 2.14. The summed E-state index contributed by atoms with van der Waals surface area (Å²) in [7, 11) is 0. The van der Waals surface area contributed by atoms with Crippen LogP contribution in [0.1, 0.15) is 26.7 Å². The van der Waals surface area contributed by atoms with Crippen molar-refractivity contribution in [2.45, 2.75) is 37.8 Å². The van der Waals surface area contributed by atoms with Crippen LogP contribution >= 0.6 is 11.9 Å². The standard InChI is InChI=1S/C10H17N3S/c1-3-8(4-2)13-14-10-7-5-6-9(11)12-10/h5-8,13H,3-4H2,1-2H3,(H2,11,12). The lowest BCUT2D eigenvalue weighted by atomic mass is 10.2. The zero-order chi connectivity index (χ0) is 10.4. The van der Waals surface area contributed by atoms with Crippen molar-refractivity contribution < 1.29 is 0 Å². The number of hydrogen-bond donors (Lipinski definition) is 2. The topological polar surface area (TPSA) is 50.9 Å². The lowest BCUT2D eigenvalue weighted by Gasteiger charge is -2.12. The predicted octanol–water partition coefficient (Wildman–Crippen LogP) is 2.45. The molecular formula is C10H17N3S. The van der Waals surface area contributed by atoms with E-state index in [2.05, 4.69) is 23.6 Å². The van der Waals surface area contributed by atoms with E-state index in [9.17, 15) is 0 Å². The Balaban J connectivity index is 2.44. The number of anilines is 1. The van der Waals surface area contributed by atoms with Gasteiger partial charge in [-0.25, -0.2) is 4.98 Å². The summed E-state index contributed by atoms with van der Waals surface area (Å²) in [6.45, 7) is 4.35. The second-order valence-electron chi connectivity index (χ2n) is 3.13. The van der Waals surface area contributed by atoms with Crippen molar-refractivity contribution in [1.29, 1.82) is 0 Å². The summed E-state index contributed by atoms with van der Waals surface area (Å²) in [5.74, 6) is 0.571. The van der Waals surface area contributed by atoms with Gasteiger partial charge in [0.15, 0.2) is 0 Å². The summed E-state index contributed by atoms with van der Waals surface area (Å²) < 4.78 is 3.36. The second kappa shape index (κ2) is 5.88. The number of nitrogens with one attached hydrogen (secondary N) is 1. The molecule has 0 aliphatic heterocycles. The molecule has 0 amide bonds. The lowest BCUT2D eigenvalue weighted by Crippen LogP contribution is -2.20. The zero-order valence-corrected chi connectivity index (χ0v) is 9.47. The average molecular weight is 211 g/mol. The van der Waals surface area contributed by atoms with Crippen molar-refractivity contribution in [1.82, 2.24) is 9.71 Å². The van der Waals surface area contributed by atoms with Crippen molar-refractivity contribution in [3.8, 4) is 0 Å². The minimum atomic E-state index is 0.545. The van der Waals surface area contributed by atoms with Crippen LogP contribution in [0.5, 0.6) is 0 Å². The first-order chi connectivity index (χ1) is 6.76. The van der Waals surface area contributed by atoms with Crippen LogP contribution in [0.3, 0.4) is 0 Å². The Morgan fingerprint density at radius 1 is 1.43 bits per heavy atom. The summed E-state index contributed by atoms with van der Waals surface area (Å²) >= 11 is 1.55. The first-order valence-electron chi connectivity index (χ1n) is 4.91. The summed E-state index contributed by atoms with van der Waals surface area (Å²) in [4.78, 5) is 4.19. The number of aromatic nitrogens is 1. The van der Waals surface area contributed by atoms with Gasteiger partial charge >= 0.3 is 0 Å². The predicted molar refractivity (Wildman–Crippen MR) is 62.0 cm³/mol. The molecule has 0 unspecified atom stereocenters. The van der Waals surface area contributed by atoms with Gasteiger partial charge < -0.3 is 5.73 Å². The molecule has 14 heavy (non-hydrogen) atoms. The fourth-order valence-electron chi connectivity index (χ4n) is 1.09. The molecular weight excluding hydrogens is 194 g/mol. The minimum absolute atomic E-state index is 0.545. The maximum Gasteiger partial charge on any atom is 0.124 e. The maximum absolute atomic E-state index is 5.58. The Bertz CT molecular complexity index is 274. The Kier molecular flexibility index (Phi) is 4.76. The van der Waals surface area contributed by atoms with Crippen molar-refractivity contribution in [2.75, 3.05) is 5.73 Å². The zero-order valence-electron chi connectivity index (χ0n) is 8.66. The molecule has 3 N–H and O–H groups in total. The minimum Gasteiger partial charge on any atom is -0.384 e. The van der Waals surface area contributed by atoms with Crippen LogP contribution in [0.2, 0.25) is 0 Å². The molecule has 0 aliphatic rings. The van der Waals surface area contributed by atoms with E-state index in [0.29, 0.717) is 11.9 Å². The highest BCUT2D eigenvalue weighted by atomic mass is 32.2. The van der Waals surface area contributed by atoms with Crippen LogP contribution in [0.4, 0.5) is 5.82 Å². The molecule has 1 aromatic heterocycles. The second-order valence-corrected chi connectivity index (χ2v) is 3.99. The van der Waals surface area contributed by atoms with E-state index in [0.717, 1.165) is 17.9 Å². The number of nitrogens with two attached hydrogens (primary N) is 1. The number of nitrogens with zero attached hydrogens (tertiary/aromatic N) is 1. The largest absolute Gasteiger partial charge is 0.384 e. The van der Waals surface area contributed by atoms with Gasteiger partial charge in [-0.2, -0.15) is 0 Å². The van der Waals surface area contributed by atoms with Gasteiger partial charge in [0, 0.05) is 6.04 Å². The SMILES string of the molecule is CCC(CC)NSc1cccc(N)n1. The Morgan fingerprint density at radius 3 is 2.71 bits per heavy atom. The van der Waals surface area contributed by atoms with E-state index >= 15 is 0 Å². The van der Waals surface area contributed by atoms with Crippen molar-refractivity contribution in [2.24, 2.45) is 0 Å². The van der Waals surface area contributed by atoms with Crippen molar-refractivity contribution in [3.05, 3.63) is 18.2 Å². The molecule has 0 bridgehead atoms. The van der Waals surface area contributed by atoms with E-state index in [1.54, 1.807) is 18.0 Å². The molecule has 0 aromatic carbocycles. The molecule has 0 fully saturated rings. The van der Waals surface area contributed by atoms with Gasteiger partial charge in [-0.1, -0.05) is 19.9 Å².